The van der Waals surface area contributed by atoms with Gasteiger partial charge in [0.05, 0.1) is 0 Å². The van der Waals surface area contributed by atoms with Gasteiger partial charge in [-0.05, 0) is 36.1 Å². The second kappa shape index (κ2) is 5.13. The van der Waals surface area contributed by atoms with E-state index in [0.717, 1.165) is 11.1 Å². The van der Waals surface area contributed by atoms with Crippen LogP contribution in [-0.4, -0.2) is 0 Å². The van der Waals surface area contributed by atoms with Crippen LogP contribution in [0, 0.1) is 13.8 Å². The third kappa shape index (κ3) is 2.83. The number of aryl methyl sites for hydroxylation is 2. The van der Waals surface area contributed by atoms with Gasteiger partial charge in [0.1, 0.15) is 0 Å². The molecule has 2 aromatic rings. The first-order valence-corrected chi connectivity index (χ1v) is 6.77. The molecule has 0 saturated heterocycles. The van der Waals surface area contributed by atoms with Gasteiger partial charge in [-0.25, -0.2) is 0 Å². The van der Waals surface area contributed by atoms with E-state index in [0.29, 0.717) is 5.56 Å². The highest BCUT2D eigenvalue weighted by atomic mass is 35.6. The van der Waals surface area contributed by atoms with Crippen LogP contribution in [-0.2, 0) is 3.79 Å². The first-order valence-electron chi connectivity index (χ1n) is 5.63. The smallest absolute Gasteiger partial charge is 0.0784 e. The number of hydrogen-bond acceptors (Lipinski definition) is 0. The van der Waals surface area contributed by atoms with Crippen LogP contribution in [0.25, 0.3) is 11.1 Å². The molecule has 94 valence electrons. The summed E-state index contributed by atoms with van der Waals surface area (Å²) >= 11 is 18.0. The second-order valence-electron chi connectivity index (χ2n) is 4.34. The van der Waals surface area contributed by atoms with Crippen molar-refractivity contribution in [2.45, 2.75) is 17.6 Å². The lowest BCUT2D eigenvalue weighted by molar-refractivity contribution is 1.24. The Morgan fingerprint density at radius 3 is 2.11 bits per heavy atom. The molecule has 2 aromatic carbocycles. The van der Waals surface area contributed by atoms with E-state index in [-0.39, 0.29) is 0 Å². The quantitative estimate of drug-likeness (QED) is 0.584. The molecule has 0 unspecified atom stereocenters. The third-order valence-electron chi connectivity index (χ3n) is 3.05. The van der Waals surface area contributed by atoms with Gasteiger partial charge in [-0.1, -0.05) is 77.3 Å². The zero-order valence-corrected chi connectivity index (χ0v) is 12.4. The summed E-state index contributed by atoms with van der Waals surface area (Å²) in [4.78, 5) is 0. The molecule has 0 aliphatic rings. The Morgan fingerprint density at radius 2 is 1.50 bits per heavy atom. The van der Waals surface area contributed by atoms with Gasteiger partial charge in [0, 0.05) is 5.56 Å². The summed E-state index contributed by atoms with van der Waals surface area (Å²) in [7, 11) is 0. The highest BCUT2D eigenvalue weighted by Crippen LogP contribution is 2.43. The molecule has 0 nitrogen and oxygen atoms in total. The standard InChI is InChI=1S/C15H13Cl3/c1-10-7-8-12(9-11(10)2)13-5-3-4-6-14(13)15(16,17)18/h3-9H,1-2H3. The van der Waals surface area contributed by atoms with Crippen molar-refractivity contribution in [3.05, 3.63) is 59.2 Å². The summed E-state index contributed by atoms with van der Waals surface area (Å²) in [6.07, 6.45) is 0. The largest absolute Gasteiger partial charge is 0.216 e. The molecule has 2 rings (SSSR count). The van der Waals surface area contributed by atoms with Gasteiger partial charge in [0.15, 0.2) is 0 Å². The number of alkyl halides is 3. The second-order valence-corrected chi connectivity index (χ2v) is 6.62. The molecule has 0 atom stereocenters. The minimum Gasteiger partial charge on any atom is -0.0784 e. The molecule has 3 heteroatoms. The molecule has 0 radical (unpaired) electrons. The number of rotatable bonds is 1. The normalized spacial score (nSPS) is 11.6. The lowest BCUT2D eigenvalue weighted by Crippen LogP contribution is -2.02. The first kappa shape index (κ1) is 13.7. The van der Waals surface area contributed by atoms with Gasteiger partial charge in [0.2, 0.25) is 3.79 Å². The average Bonchev–Trinajstić information content (AvgIpc) is 2.32. The summed E-state index contributed by atoms with van der Waals surface area (Å²) in [5.41, 5.74) is 5.22. The van der Waals surface area contributed by atoms with Crippen molar-refractivity contribution >= 4 is 34.8 Å². The van der Waals surface area contributed by atoms with E-state index in [1.54, 1.807) is 0 Å². The van der Waals surface area contributed by atoms with E-state index < -0.39 is 3.79 Å². The van der Waals surface area contributed by atoms with Crippen molar-refractivity contribution in [2.75, 3.05) is 0 Å². The third-order valence-corrected chi connectivity index (χ3v) is 3.66. The first-order chi connectivity index (χ1) is 8.39. The van der Waals surface area contributed by atoms with Crippen molar-refractivity contribution in [3.63, 3.8) is 0 Å². The topological polar surface area (TPSA) is 0 Å². The van der Waals surface area contributed by atoms with E-state index in [4.69, 9.17) is 34.8 Å². The zero-order chi connectivity index (χ0) is 13.3. The Hall–Kier alpha value is -0.690. The number of halogens is 3. The molecule has 0 heterocycles. The van der Waals surface area contributed by atoms with Crippen molar-refractivity contribution in [1.29, 1.82) is 0 Å². The van der Waals surface area contributed by atoms with Crippen LogP contribution in [0.1, 0.15) is 16.7 Å². The van der Waals surface area contributed by atoms with Gasteiger partial charge >= 0.3 is 0 Å². The Bertz CT molecular complexity index is 568. The van der Waals surface area contributed by atoms with E-state index >= 15 is 0 Å². The summed E-state index contributed by atoms with van der Waals surface area (Å²) in [6.45, 7) is 4.16. The molecule has 0 N–H and O–H groups in total. The summed E-state index contributed by atoms with van der Waals surface area (Å²) < 4.78 is -1.41. The summed E-state index contributed by atoms with van der Waals surface area (Å²) in [5, 5.41) is 0. The predicted octanol–water partition coefficient (Wildman–Crippen LogP) is 5.80. The fourth-order valence-corrected chi connectivity index (χ4v) is 2.39. The van der Waals surface area contributed by atoms with E-state index in [2.05, 4.69) is 32.0 Å². The Morgan fingerprint density at radius 1 is 0.833 bits per heavy atom. The zero-order valence-electron chi connectivity index (χ0n) is 10.2. The summed E-state index contributed by atoms with van der Waals surface area (Å²) in [6, 6.07) is 13.9. The van der Waals surface area contributed by atoms with E-state index in [9.17, 15) is 0 Å². The van der Waals surface area contributed by atoms with Crippen molar-refractivity contribution < 1.29 is 0 Å². The highest BCUT2D eigenvalue weighted by Gasteiger charge is 2.26. The van der Waals surface area contributed by atoms with Gasteiger partial charge < -0.3 is 0 Å². The fraction of sp³-hybridized carbons (Fsp3) is 0.200. The Balaban J connectivity index is 2.61. The molecule has 0 aliphatic heterocycles. The minimum absolute atomic E-state index is 0.707. The van der Waals surface area contributed by atoms with Gasteiger partial charge in [0.25, 0.3) is 0 Å². The highest BCUT2D eigenvalue weighted by molar-refractivity contribution is 6.67. The van der Waals surface area contributed by atoms with E-state index in [1.807, 2.05) is 24.3 Å². The van der Waals surface area contributed by atoms with Gasteiger partial charge in [-0.2, -0.15) is 0 Å². The van der Waals surface area contributed by atoms with Crippen molar-refractivity contribution in [1.82, 2.24) is 0 Å². The van der Waals surface area contributed by atoms with E-state index in [1.165, 1.54) is 11.1 Å². The molecule has 0 bridgehead atoms. The Labute approximate surface area is 122 Å². The molecule has 0 aromatic heterocycles. The average molecular weight is 300 g/mol. The van der Waals surface area contributed by atoms with Crippen molar-refractivity contribution in [3.8, 4) is 11.1 Å². The molecular formula is C15H13Cl3. The molecule has 0 spiro atoms. The van der Waals surface area contributed by atoms with Crippen molar-refractivity contribution in [2.24, 2.45) is 0 Å². The maximum Gasteiger partial charge on any atom is 0.216 e. The van der Waals surface area contributed by atoms with Crippen LogP contribution in [0.3, 0.4) is 0 Å². The molecular weight excluding hydrogens is 287 g/mol. The van der Waals surface area contributed by atoms with Crippen LogP contribution in [0.4, 0.5) is 0 Å². The minimum atomic E-state index is -1.41. The molecule has 0 fully saturated rings. The SMILES string of the molecule is Cc1ccc(-c2ccccc2C(Cl)(Cl)Cl)cc1C. The number of hydrogen-bond donors (Lipinski definition) is 0. The predicted molar refractivity (Wildman–Crippen MR) is 80.6 cm³/mol. The monoisotopic (exact) mass is 298 g/mol. The maximum absolute atomic E-state index is 6.02. The maximum atomic E-state index is 6.02. The van der Waals surface area contributed by atoms with Crippen LogP contribution in [0.5, 0.6) is 0 Å². The molecule has 0 saturated carbocycles. The lowest BCUT2D eigenvalue weighted by atomic mass is 9.97. The molecule has 0 amide bonds. The fourth-order valence-electron chi connectivity index (χ4n) is 1.89. The van der Waals surface area contributed by atoms with Crippen LogP contribution >= 0.6 is 34.8 Å². The summed E-state index contributed by atoms with van der Waals surface area (Å²) in [5.74, 6) is 0. The molecule has 0 aliphatic carbocycles. The lowest BCUT2D eigenvalue weighted by Gasteiger charge is -2.17. The Kier molecular flexibility index (Phi) is 3.91. The van der Waals surface area contributed by atoms with Gasteiger partial charge in [-0.15, -0.1) is 0 Å². The van der Waals surface area contributed by atoms with Crippen LogP contribution < -0.4 is 0 Å². The number of benzene rings is 2. The van der Waals surface area contributed by atoms with Crippen LogP contribution in [0.2, 0.25) is 0 Å². The molecule has 18 heavy (non-hydrogen) atoms. The van der Waals surface area contributed by atoms with Crippen LogP contribution in [0.15, 0.2) is 42.5 Å². The van der Waals surface area contributed by atoms with Gasteiger partial charge in [-0.3, -0.25) is 0 Å².